The Labute approximate surface area is 113 Å². The van der Waals surface area contributed by atoms with Gasteiger partial charge in [-0.3, -0.25) is 0 Å². The lowest BCUT2D eigenvalue weighted by Gasteiger charge is -2.16. The quantitative estimate of drug-likeness (QED) is 0.587. The molecule has 0 aliphatic rings. The van der Waals surface area contributed by atoms with Crippen molar-refractivity contribution >= 4 is 0 Å². The van der Waals surface area contributed by atoms with Gasteiger partial charge in [0.25, 0.3) is 0 Å². The first-order chi connectivity index (χ1) is 8.17. The molecule has 18 heavy (non-hydrogen) atoms. The minimum atomic E-state index is 0.289. The van der Waals surface area contributed by atoms with Gasteiger partial charge in [0, 0.05) is 0 Å². The van der Waals surface area contributed by atoms with Crippen LogP contribution >= 0.6 is 0 Å². The average Bonchev–Trinajstić information content (AvgIpc) is 2.23. The number of hydrogen-bond acceptors (Lipinski definition) is 1. The molecule has 0 unspecified atom stereocenters. The number of allylic oxidation sites excluding steroid dienone is 4. The van der Waals surface area contributed by atoms with Crippen LogP contribution in [0.5, 0.6) is 0 Å². The number of hydrogen-bond donors (Lipinski definition) is 0. The van der Waals surface area contributed by atoms with Crippen LogP contribution in [0.2, 0.25) is 0 Å². The standard InChI is InChI=1S/C16H29N2/c1-13(2)9-10-14(3)18(17-8)15(4)11-12-16(5,6)7/h8,10-11,13H,9,12H2,1-7H3/q+1/b14-10+,15-11-. The summed E-state index contributed by atoms with van der Waals surface area (Å²) in [5, 5.41) is 1.81. The van der Waals surface area contributed by atoms with Crippen LogP contribution in [0, 0.1) is 17.9 Å². The van der Waals surface area contributed by atoms with Crippen LogP contribution in [0.3, 0.4) is 0 Å². The van der Waals surface area contributed by atoms with Crippen LogP contribution in [-0.2, 0) is 0 Å². The zero-order valence-electron chi connectivity index (χ0n) is 13.1. The maximum Gasteiger partial charge on any atom is 0.305 e. The Hall–Kier alpha value is -1.23. The van der Waals surface area contributed by atoms with E-state index in [0.29, 0.717) is 5.92 Å². The van der Waals surface area contributed by atoms with Gasteiger partial charge >= 0.3 is 6.57 Å². The lowest BCUT2D eigenvalue weighted by Crippen LogP contribution is -2.12. The molecule has 0 atom stereocenters. The van der Waals surface area contributed by atoms with Crippen LogP contribution in [0.15, 0.2) is 23.5 Å². The topological polar surface area (TPSA) is 7.60 Å². The molecule has 0 heterocycles. The van der Waals surface area contributed by atoms with E-state index in [2.05, 4.69) is 58.6 Å². The summed E-state index contributed by atoms with van der Waals surface area (Å²) in [6, 6.07) is 0. The predicted molar refractivity (Wildman–Crippen MR) is 81.2 cm³/mol. The minimum absolute atomic E-state index is 0.289. The van der Waals surface area contributed by atoms with E-state index in [1.165, 1.54) is 0 Å². The van der Waals surface area contributed by atoms with E-state index < -0.39 is 0 Å². The highest BCUT2D eigenvalue weighted by Crippen LogP contribution is 2.22. The van der Waals surface area contributed by atoms with E-state index in [-0.39, 0.29) is 5.41 Å². The van der Waals surface area contributed by atoms with E-state index in [1.807, 2.05) is 11.9 Å². The Morgan fingerprint density at radius 3 is 2.06 bits per heavy atom. The van der Waals surface area contributed by atoms with Crippen molar-refractivity contribution in [2.45, 2.75) is 61.3 Å². The highest BCUT2D eigenvalue weighted by molar-refractivity contribution is 5.12. The molecule has 0 fully saturated rings. The van der Waals surface area contributed by atoms with Gasteiger partial charge in [-0.1, -0.05) is 46.8 Å². The molecular formula is C16H29N2+. The molecule has 0 N–H and O–H groups in total. The van der Waals surface area contributed by atoms with Gasteiger partial charge < -0.3 is 0 Å². The van der Waals surface area contributed by atoms with Gasteiger partial charge in [0.15, 0.2) is 0 Å². The van der Waals surface area contributed by atoms with Crippen molar-refractivity contribution in [1.29, 1.82) is 0 Å². The molecule has 0 aliphatic heterocycles. The number of nitrogens with zero attached hydrogens (tertiary/aromatic N) is 2. The molecule has 2 heteroatoms. The van der Waals surface area contributed by atoms with E-state index in [0.717, 1.165) is 24.2 Å². The zero-order valence-corrected chi connectivity index (χ0v) is 13.1. The summed E-state index contributed by atoms with van der Waals surface area (Å²) in [5.41, 5.74) is 2.47. The molecule has 102 valence electrons. The molecule has 0 aromatic carbocycles. The van der Waals surface area contributed by atoms with E-state index in [1.54, 1.807) is 0 Å². The van der Waals surface area contributed by atoms with Crippen LogP contribution in [0.1, 0.15) is 61.3 Å². The van der Waals surface area contributed by atoms with Gasteiger partial charge in [0.05, 0.1) is 16.3 Å². The lowest BCUT2D eigenvalue weighted by molar-refractivity contribution is 0.415. The second-order valence-electron chi connectivity index (χ2n) is 6.51. The van der Waals surface area contributed by atoms with Crippen LogP contribution in [-0.4, -0.2) is 5.01 Å². The summed E-state index contributed by atoms with van der Waals surface area (Å²) < 4.78 is 0. The number of rotatable bonds is 5. The third kappa shape index (κ3) is 7.17. The van der Waals surface area contributed by atoms with E-state index >= 15 is 0 Å². The minimum Gasteiger partial charge on any atom is -0.0625 e. The fourth-order valence-electron chi connectivity index (χ4n) is 1.49. The third-order valence-corrected chi connectivity index (χ3v) is 2.68. The Morgan fingerprint density at radius 2 is 1.67 bits per heavy atom. The molecular weight excluding hydrogens is 220 g/mol. The summed E-state index contributed by atoms with van der Waals surface area (Å²) in [4.78, 5) is 3.86. The van der Waals surface area contributed by atoms with Crippen molar-refractivity contribution < 1.29 is 0 Å². The third-order valence-electron chi connectivity index (χ3n) is 2.68. The van der Waals surface area contributed by atoms with Crippen molar-refractivity contribution in [3.63, 3.8) is 0 Å². The van der Waals surface area contributed by atoms with Crippen LogP contribution in [0.25, 0.3) is 4.95 Å². The van der Waals surface area contributed by atoms with E-state index in [4.69, 9.17) is 6.57 Å². The molecule has 0 aliphatic carbocycles. The van der Waals surface area contributed by atoms with Crippen molar-refractivity contribution in [1.82, 2.24) is 5.01 Å². The van der Waals surface area contributed by atoms with Crippen LogP contribution < -0.4 is 0 Å². The first kappa shape index (κ1) is 16.8. The van der Waals surface area contributed by atoms with Crippen molar-refractivity contribution in [3.8, 4) is 6.57 Å². The highest BCUT2D eigenvalue weighted by Gasteiger charge is 2.16. The summed E-state index contributed by atoms with van der Waals surface area (Å²) >= 11 is 0. The van der Waals surface area contributed by atoms with E-state index in [9.17, 15) is 0 Å². The monoisotopic (exact) mass is 249 g/mol. The Bertz CT molecular complexity index is 348. The summed E-state index contributed by atoms with van der Waals surface area (Å²) in [7, 11) is 0. The SMILES string of the molecule is C#[N+]N(/C(C)=C\CC(C)(C)C)/C(C)=C/CC(C)C. The fourth-order valence-corrected chi connectivity index (χ4v) is 1.49. The predicted octanol–water partition coefficient (Wildman–Crippen LogP) is 5.46. The maximum atomic E-state index is 5.49. The molecule has 0 radical (unpaired) electrons. The highest BCUT2D eigenvalue weighted by atomic mass is 15.4. The van der Waals surface area contributed by atoms with Crippen LogP contribution in [0.4, 0.5) is 0 Å². The molecule has 0 aromatic rings. The second kappa shape index (κ2) is 7.26. The van der Waals surface area contributed by atoms with Gasteiger partial charge in [-0.2, -0.15) is 0 Å². The normalized spacial score (nSPS) is 13.7. The largest absolute Gasteiger partial charge is 0.305 e. The molecule has 2 nitrogen and oxygen atoms in total. The molecule has 0 bridgehead atoms. The van der Waals surface area contributed by atoms with Gasteiger partial charge in [-0.05, 0) is 43.0 Å². The smallest absolute Gasteiger partial charge is 0.0625 e. The Morgan fingerprint density at radius 1 is 1.17 bits per heavy atom. The molecule has 0 spiro atoms. The maximum absolute atomic E-state index is 5.49. The molecule has 0 aromatic heterocycles. The Balaban J connectivity index is 4.78. The summed E-state index contributed by atoms with van der Waals surface area (Å²) in [5.74, 6) is 0.651. The summed E-state index contributed by atoms with van der Waals surface area (Å²) in [6.45, 7) is 20.7. The average molecular weight is 249 g/mol. The molecule has 0 saturated heterocycles. The first-order valence-electron chi connectivity index (χ1n) is 6.72. The van der Waals surface area contributed by atoms with Crippen molar-refractivity contribution in [2.24, 2.45) is 11.3 Å². The fraction of sp³-hybridized carbons (Fsp3) is 0.688. The first-order valence-corrected chi connectivity index (χ1v) is 6.72. The van der Waals surface area contributed by atoms with Gasteiger partial charge in [-0.15, -0.1) is 0 Å². The Kier molecular flexibility index (Phi) is 6.76. The van der Waals surface area contributed by atoms with Gasteiger partial charge in [0.2, 0.25) is 0 Å². The van der Waals surface area contributed by atoms with Gasteiger partial charge in [-0.25, -0.2) is 0 Å². The van der Waals surface area contributed by atoms with Crippen molar-refractivity contribution in [3.05, 3.63) is 28.5 Å². The zero-order chi connectivity index (χ0) is 14.3. The molecule has 0 amide bonds. The molecule has 0 rings (SSSR count). The second-order valence-corrected chi connectivity index (χ2v) is 6.51. The molecule has 0 saturated carbocycles. The van der Waals surface area contributed by atoms with Crippen molar-refractivity contribution in [2.75, 3.05) is 0 Å². The van der Waals surface area contributed by atoms with Gasteiger partial charge in [0.1, 0.15) is 0 Å². The summed E-state index contributed by atoms with van der Waals surface area (Å²) in [6.07, 6.45) is 6.45. The lowest BCUT2D eigenvalue weighted by atomic mass is 9.92.